The molecule has 0 saturated carbocycles. The number of thioether (sulfide) groups is 1. The van der Waals surface area contributed by atoms with Crippen molar-refractivity contribution in [2.75, 3.05) is 12.3 Å². The largest absolute Gasteiger partial charge is 0.240 e. The molecule has 0 aliphatic carbocycles. The lowest BCUT2D eigenvalue weighted by atomic mass is 10.4. The summed E-state index contributed by atoms with van der Waals surface area (Å²) in [6.07, 6.45) is 0. The third-order valence-corrected chi connectivity index (χ3v) is 5.63. The van der Waals surface area contributed by atoms with Crippen molar-refractivity contribution in [2.45, 2.75) is 16.2 Å². The average Bonchev–Trinajstić information content (AvgIpc) is 2.82. The van der Waals surface area contributed by atoms with Crippen molar-refractivity contribution in [2.24, 2.45) is 0 Å². The Labute approximate surface area is 120 Å². The molecule has 0 radical (unpaired) electrons. The zero-order chi connectivity index (χ0) is 13.7. The smallest absolute Gasteiger partial charge is 0.210 e. The van der Waals surface area contributed by atoms with Crippen LogP contribution < -0.4 is 4.72 Å². The third-order valence-electron chi connectivity index (χ3n) is 2.18. The predicted octanol–water partition coefficient (Wildman–Crippen LogP) is 1.92. The molecule has 0 amide bonds. The SMILES string of the molecule is Cc1nnc(SCCNS(=O)(=O)c2ccccc2)s1. The number of hydrogen-bond acceptors (Lipinski definition) is 6. The quantitative estimate of drug-likeness (QED) is 0.651. The number of rotatable bonds is 6. The van der Waals surface area contributed by atoms with Crippen molar-refractivity contribution in [3.05, 3.63) is 35.3 Å². The molecule has 1 N–H and O–H groups in total. The van der Waals surface area contributed by atoms with E-state index in [0.29, 0.717) is 12.3 Å². The van der Waals surface area contributed by atoms with Gasteiger partial charge < -0.3 is 0 Å². The van der Waals surface area contributed by atoms with E-state index < -0.39 is 10.0 Å². The fraction of sp³-hybridized carbons (Fsp3) is 0.273. The highest BCUT2D eigenvalue weighted by Crippen LogP contribution is 2.21. The molecule has 102 valence electrons. The maximum Gasteiger partial charge on any atom is 0.240 e. The van der Waals surface area contributed by atoms with Crippen LogP contribution in [0, 0.1) is 6.92 Å². The van der Waals surface area contributed by atoms with Gasteiger partial charge in [-0.05, 0) is 19.1 Å². The Morgan fingerprint density at radius 1 is 1.26 bits per heavy atom. The average molecular weight is 315 g/mol. The zero-order valence-corrected chi connectivity index (χ0v) is 12.7. The van der Waals surface area contributed by atoms with E-state index >= 15 is 0 Å². The molecule has 1 aromatic heterocycles. The van der Waals surface area contributed by atoms with Crippen LogP contribution in [-0.4, -0.2) is 30.9 Å². The Morgan fingerprint density at radius 3 is 2.63 bits per heavy atom. The van der Waals surface area contributed by atoms with E-state index in [2.05, 4.69) is 14.9 Å². The van der Waals surface area contributed by atoms with E-state index in [1.54, 1.807) is 30.3 Å². The molecule has 8 heteroatoms. The molecule has 0 atom stereocenters. The van der Waals surface area contributed by atoms with Gasteiger partial charge in [-0.15, -0.1) is 10.2 Å². The highest BCUT2D eigenvalue weighted by molar-refractivity contribution is 8.01. The highest BCUT2D eigenvalue weighted by atomic mass is 32.2. The van der Waals surface area contributed by atoms with Crippen molar-refractivity contribution >= 4 is 33.1 Å². The van der Waals surface area contributed by atoms with Crippen LogP contribution in [0.1, 0.15) is 5.01 Å². The molecule has 2 aromatic rings. The van der Waals surface area contributed by atoms with E-state index in [9.17, 15) is 8.42 Å². The Hall–Kier alpha value is -0.960. The van der Waals surface area contributed by atoms with Gasteiger partial charge in [-0.3, -0.25) is 0 Å². The minimum Gasteiger partial charge on any atom is -0.210 e. The first kappa shape index (κ1) is 14.4. The number of benzene rings is 1. The molecule has 1 heterocycles. The van der Waals surface area contributed by atoms with E-state index in [4.69, 9.17) is 0 Å². The Kier molecular flexibility index (Phi) is 4.92. The molecule has 5 nitrogen and oxygen atoms in total. The van der Waals surface area contributed by atoms with Gasteiger partial charge in [0.1, 0.15) is 5.01 Å². The standard InChI is InChI=1S/C11H13N3O2S3/c1-9-13-14-11(18-9)17-8-7-12-19(15,16)10-5-3-2-4-6-10/h2-6,12H,7-8H2,1H3. The van der Waals surface area contributed by atoms with Crippen LogP contribution in [0.4, 0.5) is 0 Å². The number of hydrogen-bond donors (Lipinski definition) is 1. The van der Waals surface area contributed by atoms with Crippen molar-refractivity contribution in [3.63, 3.8) is 0 Å². The van der Waals surface area contributed by atoms with Crippen LogP contribution in [0.5, 0.6) is 0 Å². The second kappa shape index (κ2) is 6.47. The second-order valence-electron chi connectivity index (χ2n) is 3.65. The number of aryl methyl sites for hydroxylation is 1. The minimum absolute atomic E-state index is 0.284. The van der Waals surface area contributed by atoms with Gasteiger partial charge in [0.05, 0.1) is 4.90 Å². The number of nitrogens with one attached hydrogen (secondary N) is 1. The molecule has 1 aromatic carbocycles. The normalized spacial score (nSPS) is 11.6. The predicted molar refractivity (Wildman–Crippen MR) is 77.0 cm³/mol. The first-order valence-corrected chi connectivity index (χ1v) is 8.84. The van der Waals surface area contributed by atoms with Gasteiger partial charge in [-0.2, -0.15) is 0 Å². The summed E-state index contributed by atoms with van der Waals surface area (Å²) in [5, 5.41) is 8.77. The van der Waals surface area contributed by atoms with Gasteiger partial charge in [0.2, 0.25) is 10.0 Å². The molecule has 0 saturated heterocycles. The van der Waals surface area contributed by atoms with Crippen molar-refractivity contribution in [1.82, 2.24) is 14.9 Å². The Morgan fingerprint density at radius 2 is 2.00 bits per heavy atom. The van der Waals surface area contributed by atoms with Crippen molar-refractivity contribution < 1.29 is 8.42 Å². The summed E-state index contributed by atoms with van der Waals surface area (Å²) >= 11 is 3.00. The fourth-order valence-corrected chi connectivity index (χ4v) is 4.26. The summed E-state index contributed by atoms with van der Waals surface area (Å²) in [6, 6.07) is 8.33. The van der Waals surface area contributed by atoms with Gasteiger partial charge in [0, 0.05) is 12.3 Å². The summed E-state index contributed by atoms with van der Waals surface area (Å²) in [5.74, 6) is 0.626. The van der Waals surface area contributed by atoms with Crippen LogP contribution in [0.3, 0.4) is 0 Å². The second-order valence-corrected chi connectivity index (χ2v) is 7.94. The molecular weight excluding hydrogens is 302 g/mol. The molecule has 0 fully saturated rings. The number of aromatic nitrogens is 2. The molecule has 2 rings (SSSR count). The van der Waals surface area contributed by atoms with Crippen LogP contribution in [0.25, 0.3) is 0 Å². The van der Waals surface area contributed by atoms with Crippen LogP contribution in [-0.2, 0) is 10.0 Å². The summed E-state index contributed by atoms with van der Waals surface area (Å²) < 4.78 is 27.2. The monoisotopic (exact) mass is 315 g/mol. The molecule has 0 aliphatic rings. The summed E-state index contributed by atoms with van der Waals surface area (Å²) in [7, 11) is -3.41. The molecule has 0 spiro atoms. The lowest BCUT2D eigenvalue weighted by Gasteiger charge is -2.05. The van der Waals surface area contributed by atoms with Crippen LogP contribution in [0.15, 0.2) is 39.6 Å². The fourth-order valence-electron chi connectivity index (χ4n) is 1.33. The van der Waals surface area contributed by atoms with E-state index in [1.165, 1.54) is 23.1 Å². The third kappa shape index (κ3) is 4.27. The van der Waals surface area contributed by atoms with Gasteiger partial charge >= 0.3 is 0 Å². The molecular formula is C11H13N3O2S3. The van der Waals surface area contributed by atoms with Crippen LogP contribution >= 0.6 is 23.1 Å². The van der Waals surface area contributed by atoms with Gasteiger partial charge in [0.25, 0.3) is 0 Å². The van der Waals surface area contributed by atoms with E-state index in [0.717, 1.165) is 9.35 Å². The Balaban J connectivity index is 1.82. The van der Waals surface area contributed by atoms with Crippen molar-refractivity contribution in [3.8, 4) is 0 Å². The number of nitrogens with zero attached hydrogens (tertiary/aromatic N) is 2. The van der Waals surface area contributed by atoms with Crippen LogP contribution in [0.2, 0.25) is 0 Å². The van der Waals surface area contributed by atoms with Gasteiger partial charge in [-0.1, -0.05) is 41.3 Å². The highest BCUT2D eigenvalue weighted by Gasteiger charge is 2.12. The zero-order valence-electron chi connectivity index (χ0n) is 10.2. The minimum atomic E-state index is -3.41. The maximum atomic E-state index is 11.9. The number of sulfonamides is 1. The summed E-state index contributed by atoms with van der Waals surface area (Å²) in [6.45, 7) is 2.25. The lowest BCUT2D eigenvalue weighted by molar-refractivity contribution is 0.584. The first-order valence-electron chi connectivity index (χ1n) is 5.55. The maximum absolute atomic E-state index is 11.9. The molecule has 19 heavy (non-hydrogen) atoms. The topological polar surface area (TPSA) is 72.0 Å². The first-order chi connectivity index (χ1) is 9.08. The van der Waals surface area contributed by atoms with E-state index in [-0.39, 0.29) is 4.90 Å². The molecule has 0 unspecified atom stereocenters. The van der Waals surface area contributed by atoms with E-state index in [1.807, 2.05) is 6.92 Å². The summed E-state index contributed by atoms with van der Waals surface area (Å²) in [4.78, 5) is 0.284. The van der Waals surface area contributed by atoms with Gasteiger partial charge in [0.15, 0.2) is 4.34 Å². The molecule has 0 aliphatic heterocycles. The molecule has 0 bridgehead atoms. The lowest BCUT2D eigenvalue weighted by Crippen LogP contribution is -2.25. The summed E-state index contributed by atoms with van der Waals surface area (Å²) in [5.41, 5.74) is 0. The van der Waals surface area contributed by atoms with Gasteiger partial charge in [-0.25, -0.2) is 13.1 Å². The Bertz CT molecular complexity index is 626. The van der Waals surface area contributed by atoms with Crippen molar-refractivity contribution in [1.29, 1.82) is 0 Å².